The summed E-state index contributed by atoms with van der Waals surface area (Å²) < 4.78 is 5.09. The third-order valence-electron chi connectivity index (χ3n) is 6.37. The fraction of sp³-hybridized carbons (Fsp3) is 0.750. The zero-order valence-electron chi connectivity index (χ0n) is 20.9. The monoisotopic (exact) mass is 478 g/mol. The average molecular weight is 479 g/mol. The van der Waals surface area contributed by atoms with E-state index in [9.17, 15) is 14.4 Å². The van der Waals surface area contributed by atoms with E-state index in [2.05, 4.69) is 36.4 Å². The van der Waals surface area contributed by atoms with Gasteiger partial charge in [0.15, 0.2) is 5.01 Å². The Balaban J connectivity index is 1.67. The van der Waals surface area contributed by atoms with Gasteiger partial charge in [0.1, 0.15) is 6.04 Å². The SMILES string of the molecule is COC(=O)[C@@H]1C[C@H](NC(C)(C)C)CC[C@@H]1N1CC[C@H](NC(=O)c2nc(C(C)(C)C)cs2)C1=O. The van der Waals surface area contributed by atoms with Crippen LogP contribution in [-0.4, -0.2) is 65.0 Å². The smallest absolute Gasteiger partial charge is 0.310 e. The van der Waals surface area contributed by atoms with Crippen LogP contribution in [0.1, 0.15) is 82.7 Å². The summed E-state index contributed by atoms with van der Waals surface area (Å²) in [4.78, 5) is 44.8. The van der Waals surface area contributed by atoms with Crippen molar-refractivity contribution >= 4 is 29.1 Å². The van der Waals surface area contributed by atoms with Crippen LogP contribution >= 0.6 is 11.3 Å². The lowest BCUT2D eigenvalue weighted by Gasteiger charge is -2.41. The molecule has 2 heterocycles. The Bertz CT molecular complexity index is 886. The van der Waals surface area contributed by atoms with Crippen molar-refractivity contribution in [3.05, 3.63) is 16.1 Å². The molecular formula is C24H38N4O4S. The average Bonchev–Trinajstić information content (AvgIpc) is 3.34. The standard InChI is InChI=1S/C24H38N4O4S/c1-23(2,3)18-13-33-20(26-18)19(29)25-16-10-11-28(21(16)30)17-9-8-14(27-24(4,5)6)12-15(17)22(31)32-7/h13-17,27H,8-12H2,1-7H3,(H,25,29)/t14-,15-,16+,17+/m1/s1. The highest BCUT2D eigenvalue weighted by molar-refractivity contribution is 7.11. The summed E-state index contributed by atoms with van der Waals surface area (Å²) in [6.45, 7) is 13.0. The molecular weight excluding hydrogens is 440 g/mol. The molecule has 2 amide bonds. The van der Waals surface area contributed by atoms with Gasteiger partial charge in [-0.1, -0.05) is 20.8 Å². The van der Waals surface area contributed by atoms with Crippen molar-refractivity contribution in [2.75, 3.05) is 13.7 Å². The number of thiazole rings is 1. The van der Waals surface area contributed by atoms with Crippen molar-refractivity contribution in [2.24, 2.45) is 5.92 Å². The van der Waals surface area contributed by atoms with Crippen LogP contribution < -0.4 is 10.6 Å². The number of methoxy groups -OCH3 is 1. The van der Waals surface area contributed by atoms with Crippen molar-refractivity contribution in [2.45, 2.75) is 96.3 Å². The van der Waals surface area contributed by atoms with Gasteiger partial charge in [-0.25, -0.2) is 4.98 Å². The zero-order valence-corrected chi connectivity index (χ0v) is 21.7. The predicted molar refractivity (Wildman–Crippen MR) is 128 cm³/mol. The van der Waals surface area contributed by atoms with E-state index in [1.807, 2.05) is 26.2 Å². The molecule has 1 aromatic heterocycles. The molecule has 33 heavy (non-hydrogen) atoms. The number of carbonyl (C=O) groups excluding carboxylic acids is 3. The maximum atomic E-state index is 13.2. The number of nitrogens with zero attached hydrogens (tertiary/aromatic N) is 2. The number of amides is 2. The van der Waals surface area contributed by atoms with Crippen LogP contribution in [-0.2, 0) is 19.7 Å². The molecule has 8 nitrogen and oxygen atoms in total. The van der Waals surface area contributed by atoms with Crippen molar-refractivity contribution in [1.29, 1.82) is 0 Å². The van der Waals surface area contributed by atoms with Crippen molar-refractivity contribution in [3.63, 3.8) is 0 Å². The van der Waals surface area contributed by atoms with E-state index in [1.165, 1.54) is 18.4 Å². The van der Waals surface area contributed by atoms with E-state index >= 15 is 0 Å². The first kappa shape index (κ1) is 25.6. The van der Waals surface area contributed by atoms with Gasteiger partial charge in [0.2, 0.25) is 5.91 Å². The van der Waals surface area contributed by atoms with Crippen LogP contribution in [0.4, 0.5) is 0 Å². The highest BCUT2D eigenvalue weighted by Crippen LogP contribution is 2.33. The van der Waals surface area contributed by atoms with Gasteiger partial charge in [-0.3, -0.25) is 14.4 Å². The molecule has 4 atom stereocenters. The van der Waals surface area contributed by atoms with Gasteiger partial charge in [0.25, 0.3) is 5.91 Å². The van der Waals surface area contributed by atoms with E-state index in [1.54, 1.807) is 4.90 Å². The molecule has 2 fully saturated rings. The molecule has 9 heteroatoms. The number of rotatable bonds is 5. The van der Waals surface area contributed by atoms with Gasteiger partial charge in [0, 0.05) is 35.0 Å². The largest absolute Gasteiger partial charge is 0.469 e. The van der Waals surface area contributed by atoms with Crippen LogP contribution in [0.2, 0.25) is 0 Å². The second-order valence-electron chi connectivity index (χ2n) is 11.2. The van der Waals surface area contributed by atoms with E-state index in [4.69, 9.17) is 4.74 Å². The molecule has 2 aliphatic rings. The minimum absolute atomic E-state index is 0.0559. The van der Waals surface area contributed by atoms with Crippen molar-refractivity contribution in [1.82, 2.24) is 20.5 Å². The van der Waals surface area contributed by atoms with Gasteiger partial charge in [-0.15, -0.1) is 11.3 Å². The summed E-state index contributed by atoms with van der Waals surface area (Å²) in [5.41, 5.74) is 0.664. The number of hydrogen-bond donors (Lipinski definition) is 2. The molecule has 1 aliphatic heterocycles. The van der Waals surface area contributed by atoms with Crippen molar-refractivity contribution in [3.8, 4) is 0 Å². The second kappa shape index (κ2) is 9.70. The highest BCUT2D eigenvalue weighted by Gasteiger charge is 2.45. The first-order chi connectivity index (χ1) is 15.3. The lowest BCUT2D eigenvalue weighted by Crippen LogP contribution is -2.55. The first-order valence-corrected chi connectivity index (χ1v) is 12.6. The molecule has 0 unspecified atom stereocenters. The Morgan fingerprint density at radius 1 is 1.15 bits per heavy atom. The molecule has 1 saturated heterocycles. The van der Waals surface area contributed by atoms with Gasteiger partial charge < -0.3 is 20.3 Å². The van der Waals surface area contributed by atoms with E-state index in [-0.39, 0.29) is 46.7 Å². The Hall–Kier alpha value is -2.00. The molecule has 1 aliphatic carbocycles. The Labute approximate surface area is 200 Å². The molecule has 0 bridgehead atoms. The van der Waals surface area contributed by atoms with Crippen LogP contribution in [0.3, 0.4) is 0 Å². The Kier molecular flexibility index (Phi) is 7.53. The third-order valence-corrected chi connectivity index (χ3v) is 7.21. The molecule has 1 aromatic rings. The summed E-state index contributed by atoms with van der Waals surface area (Å²) >= 11 is 1.29. The second-order valence-corrected chi connectivity index (χ2v) is 12.1. The van der Waals surface area contributed by atoms with Crippen LogP contribution in [0.15, 0.2) is 5.38 Å². The van der Waals surface area contributed by atoms with Gasteiger partial charge in [0.05, 0.1) is 18.7 Å². The fourth-order valence-electron chi connectivity index (χ4n) is 4.78. The van der Waals surface area contributed by atoms with Crippen LogP contribution in [0.25, 0.3) is 0 Å². The number of carbonyl (C=O) groups is 3. The summed E-state index contributed by atoms with van der Waals surface area (Å²) in [6.07, 6.45) is 2.76. The minimum atomic E-state index is -0.594. The molecule has 0 aromatic carbocycles. The van der Waals surface area contributed by atoms with Crippen molar-refractivity contribution < 1.29 is 19.1 Å². The molecule has 2 N–H and O–H groups in total. The number of esters is 1. The lowest BCUT2D eigenvalue weighted by atomic mass is 9.80. The number of likely N-dealkylation sites (tertiary alicyclic amines) is 1. The van der Waals surface area contributed by atoms with E-state index < -0.39 is 6.04 Å². The maximum absolute atomic E-state index is 13.2. The number of nitrogens with one attached hydrogen (secondary N) is 2. The van der Waals surface area contributed by atoms with Crippen LogP contribution in [0.5, 0.6) is 0 Å². The molecule has 1 saturated carbocycles. The van der Waals surface area contributed by atoms with Gasteiger partial charge in [-0.2, -0.15) is 0 Å². The number of hydrogen-bond acceptors (Lipinski definition) is 7. The normalized spacial score (nSPS) is 26.4. The Morgan fingerprint density at radius 2 is 1.85 bits per heavy atom. The molecule has 184 valence electrons. The van der Waals surface area contributed by atoms with E-state index in [0.29, 0.717) is 24.4 Å². The van der Waals surface area contributed by atoms with Gasteiger partial charge >= 0.3 is 5.97 Å². The summed E-state index contributed by atoms with van der Waals surface area (Å²) in [5.74, 6) is -1.11. The molecule has 3 rings (SSSR count). The highest BCUT2D eigenvalue weighted by atomic mass is 32.1. The maximum Gasteiger partial charge on any atom is 0.310 e. The fourth-order valence-corrected chi connectivity index (χ4v) is 5.73. The number of ether oxygens (including phenoxy) is 1. The summed E-state index contributed by atoms with van der Waals surface area (Å²) in [7, 11) is 1.40. The molecule has 0 spiro atoms. The van der Waals surface area contributed by atoms with Gasteiger partial charge in [-0.05, 0) is 46.5 Å². The van der Waals surface area contributed by atoms with E-state index in [0.717, 1.165) is 18.5 Å². The summed E-state index contributed by atoms with van der Waals surface area (Å²) in [6, 6.07) is -0.610. The summed E-state index contributed by atoms with van der Waals surface area (Å²) in [5, 5.41) is 8.71. The lowest BCUT2D eigenvalue weighted by molar-refractivity contribution is -0.151. The quantitative estimate of drug-likeness (QED) is 0.631. The number of aromatic nitrogens is 1. The minimum Gasteiger partial charge on any atom is -0.469 e. The third kappa shape index (κ3) is 6.12. The Morgan fingerprint density at radius 3 is 2.42 bits per heavy atom. The van der Waals surface area contributed by atoms with Crippen LogP contribution in [0, 0.1) is 5.92 Å². The zero-order chi connectivity index (χ0) is 24.6. The predicted octanol–water partition coefficient (Wildman–Crippen LogP) is 2.87. The first-order valence-electron chi connectivity index (χ1n) is 11.7. The topological polar surface area (TPSA) is 101 Å². The molecule has 0 radical (unpaired) electrons.